The van der Waals surface area contributed by atoms with Crippen LogP contribution in [0.3, 0.4) is 0 Å². The number of benzene rings is 1. The van der Waals surface area contributed by atoms with Gasteiger partial charge in [0.25, 0.3) is 0 Å². The molecule has 0 unspecified atom stereocenters. The largest absolute Gasteiger partial charge is 0.494 e. The van der Waals surface area contributed by atoms with Gasteiger partial charge in [0.1, 0.15) is 5.75 Å². The van der Waals surface area contributed by atoms with Crippen molar-refractivity contribution in [3.05, 3.63) is 23.8 Å². The number of aliphatic hydroxyl groups is 1. The minimum absolute atomic E-state index is 0.0695. The molecule has 1 rings (SSSR count). The van der Waals surface area contributed by atoms with Crippen LogP contribution in [0.15, 0.2) is 18.2 Å². The Labute approximate surface area is 113 Å². The maximum absolute atomic E-state index is 11.8. The first kappa shape index (κ1) is 15.5. The number of hydrogen-bond acceptors (Lipinski definition) is 4. The second-order valence-electron chi connectivity index (χ2n) is 4.67. The Hall–Kier alpha value is -1.59. The molecule has 1 atom stereocenters. The molecule has 106 valence electrons. The Morgan fingerprint density at radius 3 is 2.68 bits per heavy atom. The van der Waals surface area contributed by atoms with E-state index in [0.29, 0.717) is 23.6 Å². The molecule has 0 fully saturated rings. The van der Waals surface area contributed by atoms with Gasteiger partial charge in [-0.1, -0.05) is 13.8 Å². The SMILES string of the molecule is CCOc1ccc(NC(=O)[C@@H](N)C(C)C)cc1CO. The van der Waals surface area contributed by atoms with Crippen LogP contribution in [-0.4, -0.2) is 23.7 Å². The molecule has 5 nitrogen and oxygen atoms in total. The summed E-state index contributed by atoms with van der Waals surface area (Å²) in [5.74, 6) is 0.458. The van der Waals surface area contributed by atoms with Crippen LogP contribution >= 0.6 is 0 Å². The summed E-state index contributed by atoms with van der Waals surface area (Å²) in [6.45, 7) is 6.04. The van der Waals surface area contributed by atoms with Crippen LogP contribution in [0, 0.1) is 5.92 Å². The number of ether oxygens (including phenoxy) is 1. The minimum Gasteiger partial charge on any atom is -0.494 e. The van der Waals surface area contributed by atoms with E-state index in [1.807, 2.05) is 20.8 Å². The van der Waals surface area contributed by atoms with Crippen molar-refractivity contribution < 1.29 is 14.6 Å². The Kier molecular flexibility index (Phi) is 5.79. The summed E-state index contributed by atoms with van der Waals surface area (Å²) < 4.78 is 5.38. The number of carbonyl (C=O) groups excluding carboxylic acids is 1. The number of nitrogens with two attached hydrogens (primary N) is 1. The van der Waals surface area contributed by atoms with Gasteiger partial charge in [-0.2, -0.15) is 0 Å². The first-order valence-electron chi connectivity index (χ1n) is 6.42. The molecule has 0 radical (unpaired) electrons. The van der Waals surface area contributed by atoms with Gasteiger partial charge in [-0.05, 0) is 31.0 Å². The van der Waals surface area contributed by atoms with Crippen molar-refractivity contribution in [1.29, 1.82) is 0 Å². The zero-order chi connectivity index (χ0) is 14.4. The molecule has 0 bridgehead atoms. The normalized spacial score (nSPS) is 12.3. The molecule has 1 aromatic rings. The van der Waals surface area contributed by atoms with Crippen molar-refractivity contribution in [2.75, 3.05) is 11.9 Å². The number of nitrogens with one attached hydrogen (secondary N) is 1. The second-order valence-corrected chi connectivity index (χ2v) is 4.67. The summed E-state index contributed by atoms with van der Waals surface area (Å²) in [5.41, 5.74) is 7.01. The van der Waals surface area contributed by atoms with Gasteiger partial charge >= 0.3 is 0 Å². The van der Waals surface area contributed by atoms with Gasteiger partial charge in [-0.15, -0.1) is 0 Å². The number of aliphatic hydroxyl groups excluding tert-OH is 1. The van der Waals surface area contributed by atoms with E-state index in [2.05, 4.69) is 5.32 Å². The fourth-order valence-electron chi connectivity index (χ4n) is 1.61. The quantitative estimate of drug-likeness (QED) is 0.728. The Morgan fingerprint density at radius 2 is 2.16 bits per heavy atom. The summed E-state index contributed by atoms with van der Waals surface area (Å²) in [5, 5.41) is 12.0. The van der Waals surface area contributed by atoms with Crippen molar-refractivity contribution in [1.82, 2.24) is 0 Å². The van der Waals surface area contributed by atoms with Gasteiger partial charge in [0.2, 0.25) is 5.91 Å². The van der Waals surface area contributed by atoms with Crippen LogP contribution in [0.5, 0.6) is 5.75 Å². The zero-order valence-electron chi connectivity index (χ0n) is 11.6. The molecular weight excluding hydrogens is 244 g/mol. The second kappa shape index (κ2) is 7.11. The average molecular weight is 266 g/mol. The van der Waals surface area contributed by atoms with E-state index < -0.39 is 6.04 Å². The topological polar surface area (TPSA) is 84.6 Å². The number of carbonyl (C=O) groups is 1. The van der Waals surface area contributed by atoms with Crippen molar-refractivity contribution in [2.24, 2.45) is 11.7 Å². The monoisotopic (exact) mass is 266 g/mol. The Balaban J connectivity index is 2.82. The summed E-state index contributed by atoms with van der Waals surface area (Å²) in [6.07, 6.45) is 0. The molecule has 0 heterocycles. The highest BCUT2D eigenvalue weighted by molar-refractivity contribution is 5.95. The highest BCUT2D eigenvalue weighted by atomic mass is 16.5. The molecule has 1 aromatic carbocycles. The number of hydrogen-bond donors (Lipinski definition) is 3. The lowest BCUT2D eigenvalue weighted by Crippen LogP contribution is -2.39. The maximum Gasteiger partial charge on any atom is 0.241 e. The molecule has 0 aliphatic heterocycles. The smallest absolute Gasteiger partial charge is 0.241 e. The molecular formula is C14H22N2O3. The van der Waals surface area contributed by atoms with E-state index in [1.54, 1.807) is 18.2 Å². The Morgan fingerprint density at radius 1 is 1.47 bits per heavy atom. The van der Waals surface area contributed by atoms with Gasteiger partial charge in [0.15, 0.2) is 0 Å². The summed E-state index contributed by atoms with van der Waals surface area (Å²) >= 11 is 0. The van der Waals surface area contributed by atoms with E-state index in [4.69, 9.17) is 10.5 Å². The highest BCUT2D eigenvalue weighted by Gasteiger charge is 2.17. The average Bonchev–Trinajstić information content (AvgIpc) is 2.39. The molecule has 0 aliphatic carbocycles. The van der Waals surface area contributed by atoms with E-state index >= 15 is 0 Å². The lowest BCUT2D eigenvalue weighted by atomic mass is 10.0. The molecule has 19 heavy (non-hydrogen) atoms. The van der Waals surface area contributed by atoms with Crippen LogP contribution in [-0.2, 0) is 11.4 Å². The van der Waals surface area contributed by atoms with Crippen molar-refractivity contribution in [2.45, 2.75) is 33.4 Å². The molecule has 0 saturated carbocycles. The van der Waals surface area contributed by atoms with Crippen LogP contribution in [0.25, 0.3) is 0 Å². The molecule has 0 aromatic heterocycles. The van der Waals surface area contributed by atoms with Gasteiger partial charge in [-0.3, -0.25) is 4.79 Å². The van der Waals surface area contributed by atoms with Gasteiger partial charge < -0.3 is 20.9 Å². The van der Waals surface area contributed by atoms with E-state index in [-0.39, 0.29) is 18.4 Å². The third-order valence-corrected chi connectivity index (χ3v) is 2.82. The van der Waals surface area contributed by atoms with Gasteiger partial charge in [0.05, 0.1) is 19.3 Å². The molecule has 0 spiro atoms. The van der Waals surface area contributed by atoms with Gasteiger partial charge in [-0.25, -0.2) is 0 Å². The third kappa shape index (κ3) is 4.22. The molecule has 0 saturated heterocycles. The first-order chi connectivity index (χ1) is 8.99. The minimum atomic E-state index is -0.552. The number of anilines is 1. The standard InChI is InChI=1S/C14H22N2O3/c1-4-19-12-6-5-11(7-10(12)8-17)16-14(18)13(15)9(2)3/h5-7,9,13,17H,4,8,15H2,1-3H3,(H,16,18)/t13-/m0/s1. The predicted molar refractivity (Wildman–Crippen MR) is 75.0 cm³/mol. The van der Waals surface area contributed by atoms with Crippen molar-refractivity contribution in [3.63, 3.8) is 0 Å². The highest BCUT2D eigenvalue weighted by Crippen LogP contribution is 2.23. The third-order valence-electron chi connectivity index (χ3n) is 2.82. The van der Waals surface area contributed by atoms with Crippen LogP contribution in [0.4, 0.5) is 5.69 Å². The fraction of sp³-hybridized carbons (Fsp3) is 0.500. The Bertz CT molecular complexity index is 433. The fourth-order valence-corrected chi connectivity index (χ4v) is 1.61. The van der Waals surface area contributed by atoms with E-state index in [9.17, 15) is 9.90 Å². The maximum atomic E-state index is 11.8. The molecule has 0 aliphatic rings. The predicted octanol–water partition coefficient (Wildman–Crippen LogP) is 1.50. The molecule has 4 N–H and O–H groups in total. The van der Waals surface area contributed by atoms with Crippen molar-refractivity contribution >= 4 is 11.6 Å². The lowest BCUT2D eigenvalue weighted by molar-refractivity contribution is -0.118. The summed E-state index contributed by atoms with van der Waals surface area (Å²) in [7, 11) is 0. The van der Waals surface area contributed by atoms with Crippen LogP contribution in [0.1, 0.15) is 26.3 Å². The van der Waals surface area contributed by atoms with E-state index in [1.165, 1.54) is 0 Å². The van der Waals surface area contributed by atoms with Gasteiger partial charge in [0, 0.05) is 11.3 Å². The summed E-state index contributed by atoms with van der Waals surface area (Å²) in [4.78, 5) is 11.8. The number of amides is 1. The number of rotatable bonds is 6. The van der Waals surface area contributed by atoms with Crippen LogP contribution < -0.4 is 15.8 Å². The molecule has 5 heteroatoms. The zero-order valence-corrected chi connectivity index (χ0v) is 11.6. The van der Waals surface area contributed by atoms with E-state index in [0.717, 1.165) is 0 Å². The molecule has 1 amide bonds. The van der Waals surface area contributed by atoms with Crippen molar-refractivity contribution in [3.8, 4) is 5.75 Å². The first-order valence-corrected chi connectivity index (χ1v) is 6.42. The summed E-state index contributed by atoms with van der Waals surface area (Å²) in [6, 6.07) is 4.60. The van der Waals surface area contributed by atoms with Crippen LogP contribution in [0.2, 0.25) is 0 Å². The lowest BCUT2D eigenvalue weighted by Gasteiger charge is -2.16.